The van der Waals surface area contributed by atoms with Crippen molar-refractivity contribution in [3.05, 3.63) is 24.0 Å². The van der Waals surface area contributed by atoms with E-state index in [-0.39, 0.29) is 10.6 Å². The summed E-state index contributed by atoms with van der Waals surface area (Å²) in [7, 11) is -2.44. The van der Waals surface area contributed by atoms with E-state index >= 15 is 0 Å². The molecule has 8 heteroatoms. The summed E-state index contributed by atoms with van der Waals surface area (Å²) in [5, 5.41) is 2.44. The molecular formula is C12H17FN2O4S. The van der Waals surface area contributed by atoms with Gasteiger partial charge in [0.2, 0.25) is 5.91 Å². The van der Waals surface area contributed by atoms with Crippen molar-refractivity contribution in [2.75, 3.05) is 31.7 Å². The molecule has 0 bridgehead atoms. The van der Waals surface area contributed by atoms with Crippen LogP contribution in [0.2, 0.25) is 0 Å². The molecule has 1 rings (SSSR count). The molecule has 1 aromatic carbocycles. The standard InChI is InChI=1S/C12H17FN2O4S/c1-19-6-2-5-15-12(16)8-20(17,18)11-7-9(13)3-4-10(11)14/h3-4,7H,2,5-6,8,14H2,1H3,(H,15,16). The number of hydrogen-bond acceptors (Lipinski definition) is 5. The number of benzene rings is 1. The summed E-state index contributed by atoms with van der Waals surface area (Å²) >= 11 is 0. The normalized spacial score (nSPS) is 11.3. The molecule has 0 spiro atoms. The number of sulfone groups is 1. The smallest absolute Gasteiger partial charge is 0.235 e. The Morgan fingerprint density at radius 1 is 1.45 bits per heavy atom. The fraction of sp³-hybridized carbons (Fsp3) is 0.417. The van der Waals surface area contributed by atoms with Crippen molar-refractivity contribution in [1.29, 1.82) is 0 Å². The molecule has 0 saturated heterocycles. The van der Waals surface area contributed by atoms with Crippen LogP contribution >= 0.6 is 0 Å². The SMILES string of the molecule is COCCCNC(=O)CS(=O)(=O)c1cc(F)ccc1N. The van der Waals surface area contributed by atoms with Gasteiger partial charge in [-0.2, -0.15) is 0 Å². The molecular weight excluding hydrogens is 287 g/mol. The maximum Gasteiger partial charge on any atom is 0.235 e. The first-order valence-corrected chi connectivity index (χ1v) is 7.55. The van der Waals surface area contributed by atoms with Crippen molar-refractivity contribution in [1.82, 2.24) is 5.32 Å². The van der Waals surface area contributed by atoms with E-state index < -0.39 is 27.3 Å². The van der Waals surface area contributed by atoms with Gasteiger partial charge in [0.15, 0.2) is 9.84 Å². The van der Waals surface area contributed by atoms with Gasteiger partial charge in [-0.15, -0.1) is 0 Å². The van der Waals surface area contributed by atoms with Gasteiger partial charge < -0.3 is 15.8 Å². The number of nitrogens with two attached hydrogens (primary N) is 1. The number of nitrogen functional groups attached to an aromatic ring is 1. The first-order valence-electron chi connectivity index (χ1n) is 5.90. The number of ether oxygens (including phenoxy) is 1. The second kappa shape index (κ2) is 7.20. The Morgan fingerprint density at radius 2 is 2.15 bits per heavy atom. The molecule has 0 saturated carbocycles. The van der Waals surface area contributed by atoms with E-state index in [2.05, 4.69) is 5.32 Å². The number of amides is 1. The van der Waals surface area contributed by atoms with E-state index in [4.69, 9.17) is 10.5 Å². The summed E-state index contributed by atoms with van der Waals surface area (Å²) in [6.45, 7) is 0.769. The van der Waals surface area contributed by atoms with Gasteiger partial charge in [0.05, 0.1) is 10.6 Å². The minimum Gasteiger partial charge on any atom is -0.398 e. The number of hydrogen-bond donors (Lipinski definition) is 2. The van der Waals surface area contributed by atoms with Gasteiger partial charge in [-0.3, -0.25) is 4.79 Å². The quantitative estimate of drug-likeness (QED) is 0.559. The lowest BCUT2D eigenvalue weighted by Crippen LogP contribution is -2.31. The van der Waals surface area contributed by atoms with E-state index in [0.29, 0.717) is 19.6 Å². The lowest BCUT2D eigenvalue weighted by molar-refractivity contribution is -0.118. The molecule has 0 radical (unpaired) electrons. The van der Waals surface area contributed by atoms with E-state index in [0.717, 1.165) is 18.2 Å². The second-order valence-electron chi connectivity index (χ2n) is 4.14. The van der Waals surface area contributed by atoms with Crippen molar-refractivity contribution < 1.29 is 22.3 Å². The van der Waals surface area contributed by atoms with E-state index in [1.54, 1.807) is 0 Å². The highest BCUT2D eigenvalue weighted by Crippen LogP contribution is 2.20. The van der Waals surface area contributed by atoms with Gasteiger partial charge >= 0.3 is 0 Å². The van der Waals surface area contributed by atoms with Gasteiger partial charge in [0.25, 0.3) is 0 Å². The van der Waals surface area contributed by atoms with Crippen molar-refractivity contribution in [3.8, 4) is 0 Å². The highest BCUT2D eigenvalue weighted by molar-refractivity contribution is 7.92. The van der Waals surface area contributed by atoms with Crippen molar-refractivity contribution in [2.45, 2.75) is 11.3 Å². The maximum atomic E-state index is 13.1. The summed E-state index contributed by atoms with van der Waals surface area (Å²) in [5.41, 5.74) is 5.41. The summed E-state index contributed by atoms with van der Waals surface area (Å²) in [6, 6.07) is 3.01. The third-order valence-corrected chi connectivity index (χ3v) is 4.15. The Kier molecular flexibility index (Phi) is 5.90. The minimum absolute atomic E-state index is 0.0846. The van der Waals surface area contributed by atoms with Crippen LogP contribution in [0.1, 0.15) is 6.42 Å². The Morgan fingerprint density at radius 3 is 2.80 bits per heavy atom. The average Bonchev–Trinajstić information content (AvgIpc) is 2.37. The number of nitrogens with one attached hydrogen (secondary N) is 1. The van der Waals surface area contributed by atoms with Crippen LogP contribution in [0, 0.1) is 5.82 Å². The lowest BCUT2D eigenvalue weighted by atomic mass is 10.3. The predicted molar refractivity (Wildman–Crippen MR) is 72.4 cm³/mol. The Balaban J connectivity index is 2.70. The molecule has 0 aliphatic rings. The van der Waals surface area contributed by atoms with E-state index in [1.807, 2.05) is 0 Å². The Hall–Kier alpha value is -1.67. The maximum absolute atomic E-state index is 13.1. The summed E-state index contributed by atoms with van der Waals surface area (Å²) < 4.78 is 41.8. The van der Waals surface area contributed by atoms with Crippen LogP contribution in [0.15, 0.2) is 23.1 Å². The first kappa shape index (κ1) is 16.4. The van der Waals surface area contributed by atoms with Gasteiger partial charge in [0, 0.05) is 20.3 Å². The van der Waals surface area contributed by atoms with E-state index in [9.17, 15) is 17.6 Å². The van der Waals surface area contributed by atoms with Crippen molar-refractivity contribution in [2.24, 2.45) is 0 Å². The highest BCUT2D eigenvalue weighted by atomic mass is 32.2. The third kappa shape index (κ3) is 4.78. The second-order valence-corrected chi connectivity index (χ2v) is 6.10. The average molecular weight is 304 g/mol. The van der Waals surface area contributed by atoms with Gasteiger partial charge in [0.1, 0.15) is 11.6 Å². The van der Waals surface area contributed by atoms with Gasteiger partial charge in [-0.25, -0.2) is 12.8 Å². The lowest BCUT2D eigenvalue weighted by Gasteiger charge is -2.08. The molecule has 0 fully saturated rings. The molecule has 112 valence electrons. The monoisotopic (exact) mass is 304 g/mol. The zero-order valence-electron chi connectivity index (χ0n) is 11.1. The van der Waals surface area contributed by atoms with Crippen LogP contribution in [0.4, 0.5) is 10.1 Å². The number of halogens is 1. The Labute approximate surface area is 117 Å². The third-order valence-electron chi connectivity index (χ3n) is 2.48. The first-order chi connectivity index (χ1) is 9.36. The van der Waals surface area contributed by atoms with Gasteiger partial charge in [-0.05, 0) is 24.6 Å². The molecule has 6 nitrogen and oxygen atoms in total. The highest BCUT2D eigenvalue weighted by Gasteiger charge is 2.22. The molecule has 0 aliphatic heterocycles. The number of anilines is 1. The van der Waals surface area contributed by atoms with Crippen LogP contribution in [0.25, 0.3) is 0 Å². The molecule has 0 heterocycles. The molecule has 0 aliphatic carbocycles. The molecule has 1 aromatic rings. The minimum atomic E-state index is -3.96. The van der Waals surface area contributed by atoms with Crippen molar-refractivity contribution in [3.63, 3.8) is 0 Å². The number of rotatable bonds is 7. The van der Waals surface area contributed by atoms with Crippen molar-refractivity contribution >= 4 is 21.4 Å². The van der Waals surface area contributed by atoms with E-state index in [1.165, 1.54) is 7.11 Å². The van der Waals surface area contributed by atoms with Gasteiger partial charge in [-0.1, -0.05) is 0 Å². The topological polar surface area (TPSA) is 98.5 Å². The number of carbonyl (C=O) groups is 1. The summed E-state index contributed by atoms with van der Waals surface area (Å²) in [6.07, 6.45) is 0.574. The molecule has 1 amide bonds. The molecule has 0 aromatic heterocycles. The van der Waals surface area contributed by atoms with Crippen LogP contribution < -0.4 is 11.1 Å². The van der Waals surface area contributed by atoms with Crippen LogP contribution in [-0.4, -0.2) is 40.3 Å². The Bertz CT molecular complexity index is 575. The fourth-order valence-corrected chi connectivity index (χ4v) is 2.85. The summed E-state index contributed by atoms with van der Waals surface area (Å²) in [5.74, 6) is -2.16. The fourth-order valence-electron chi connectivity index (χ4n) is 1.52. The largest absolute Gasteiger partial charge is 0.398 e. The van der Waals surface area contributed by atoms with Crippen LogP contribution in [0.3, 0.4) is 0 Å². The molecule has 20 heavy (non-hydrogen) atoms. The molecule has 0 atom stereocenters. The van der Waals surface area contributed by atoms with Crippen LogP contribution in [0.5, 0.6) is 0 Å². The number of methoxy groups -OCH3 is 1. The summed E-state index contributed by atoms with van der Waals surface area (Å²) in [4.78, 5) is 11.2. The zero-order valence-corrected chi connectivity index (χ0v) is 11.9. The number of carbonyl (C=O) groups excluding carboxylic acids is 1. The molecule has 3 N–H and O–H groups in total. The molecule has 0 unspecified atom stereocenters. The zero-order chi connectivity index (χ0) is 15.2. The van der Waals surface area contributed by atoms with Crippen LogP contribution in [-0.2, 0) is 19.4 Å². The predicted octanol–water partition coefficient (Wildman–Crippen LogP) is 0.334.